The third-order valence-corrected chi connectivity index (χ3v) is 3.10. The average molecular weight is 284 g/mol. The van der Waals surface area contributed by atoms with Crippen LogP contribution in [-0.4, -0.2) is 33.9 Å². The summed E-state index contributed by atoms with van der Waals surface area (Å²) in [5.74, 6) is 0.521. The number of nitrogens with zero attached hydrogens (tertiary/aromatic N) is 3. The Bertz CT molecular complexity index is 586. The number of hydrogen-bond donors (Lipinski definition) is 1. The van der Waals surface area contributed by atoms with Crippen molar-refractivity contribution in [1.82, 2.24) is 14.9 Å². The van der Waals surface area contributed by atoms with Crippen molar-refractivity contribution in [2.45, 2.75) is 20.4 Å². The lowest BCUT2D eigenvalue weighted by atomic mass is 10.2. The quantitative estimate of drug-likeness (QED) is 0.885. The van der Waals surface area contributed by atoms with Gasteiger partial charge in [0.05, 0.1) is 12.4 Å². The van der Waals surface area contributed by atoms with Gasteiger partial charge < -0.3 is 10.2 Å². The monoisotopic (exact) mass is 284 g/mol. The summed E-state index contributed by atoms with van der Waals surface area (Å²) in [6.07, 6.45) is 3.13. The van der Waals surface area contributed by atoms with Gasteiger partial charge in [-0.25, -0.2) is 4.98 Å². The van der Waals surface area contributed by atoms with Crippen LogP contribution in [0.2, 0.25) is 0 Å². The maximum absolute atomic E-state index is 12.5. The van der Waals surface area contributed by atoms with Gasteiger partial charge in [-0.15, -0.1) is 0 Å². The van der Waals surface area contributed by atoms with Crippen LogP contribution in [0.4, 0.5) is 5.82 Å². The van der Waals surface area contributed by atoms with Crippen LogP contribution in [0.25, 0.3) is 0 Å². The summed E-state index contributed by atoms with van der Waals surface area (Å²) < 4.78 is 0. The first-order valence-electron chi connectivity index (χ1n) is 7.13. The molecule has 21 heavy (non-hydrogen) atoms. The SMILES string of the molecule is CCNc1cncc(C(=O)N(CC)Cc2ccccc2)n1. The number of amides is 1. The first-order chi connectivity index (χ1) is 10.2. The smallest absolute Gasteiger partial charge is 0.274 e. The molecule has 5 nitrogen and oxygen atoms in total. The molecular formula is C16H20N4O. The predicted molar refractivity (Wildman–Crippen MR) is 83.1 cm³/mol. The van der Waals surface area contributed by atoms with Crippen LogP contribution in [0, 0.1) is 0 Å². The topological polar surface area (TPSA) is 58.1 Å². The molecule has 0 bridgehead atoms. The number of carbonyl (C=O) groups excluding carboxylic acids is 1. The Labute approximate surface area is 125 Å². The maximum Gasteiger partial charge on any atom is 0.274 e. The molecule has 0 radical (unpaired) electrons. The molecule has 0 unspecified atom stereocenters. The van der Waals surface area contributed by atoms with Gasteiger partial charge in [-0.1, -0.05) is 30.3 Å². The van der Waals surface area contributed by atoms with E-state index in [1.54, 1.807) is 11.1 Å². The number of rotatable bonds is 6. The van der Waals surface area contributed by atoms with E-state index in [4.69, 9.17) is 0 Å². The zero-order valence-electron chi connectivity index (χ0n) is 12.4. The van der Waals surface area contributed by atoms with Crippen LogP contribution >= 0.6 is 0 Å². The maximum atomic E-state index is 12.5. The minimum absolute atomic E-state index is 0.103. The van der Waals surface area contributed by atoms with E-state index >= 15 is 0 Å². The van der Waals surface area contributed by atoms with Gasteiger partial charge in [-0.05, 0) is 19.4 Å². The molecule has 1 aromatic carbocycles. The predicted octanol–water partition coefficient (Wildman–Crippen LogP) is 2.57. The highest BCUT2D eigenvalue weighted by Gasteiger charge is 2.16. The van der Waals surface area contributed by atoms with E-state index in [-0.39, 0.29) is 5.91 Å². The zero-order valence-corrected chi connectivity index (χ0v) is 12.4. The van der Waals surface area contributed by atoms with Crippen molar-refractivity contribution in [3.8, 4) is 0 Å². The third kappa shape index (κ3) is 4.02. The summed E-state index contributed by atoms with van der Waals surface area (Å²) in [6, 6.07) is 9.93. The molecule has 0 aliphatic heterocycles. The van der Waals surface area contributed by atoms with E-state index in [1.807, 2.05) is 44.2 Å². The highest BCUT2D eigenvalue weighted by molar-refractivity contribution is 5.92. The standard InChI is InChI=1S/C16H20N4O/c1-3-18-15-11-17-10-14(19-15)16(21)20(4-2)12-13-8-6-5-7-9-13/h5-11H,3-4,12H2,1-2H3,(H,18,19). The number of hydrogen-bond acceptors (Lipinski definition) is 4. The lowest BCUT2D eigenvalue weighted by Crippen LogP contribution is -2.31. The van der Waals surface area contributed by atoms with Crippen molar-refractivity contribution < 1.29 is 4.79 Å². The minimum Gasteiger partial charge on any atom is -0.369 e. The summed E-state index contributed by atoms with van der Waals surface area (Å²) >= 11 is 0. The molecule has 0 saturated carbocycles. The number of aromatic nitrogens is 2. The van der Waals surface area contributed by atoms with Crippen molar-refractivity contribution >= 4 is 11.7 Å². The van der Waals surface area contributed by atoms with Crippen LogP contribution in [0.1, 0.15) is 29.9 Å². The summed E-state index contributed by atoms with van der Waals surface area (Å²) in [5.41, 5.74) is 1.47. The fourth-order valence-corrected chi connectivity index (χ4v) is 2.03. The average Bonchev–Trinajstić information content (AvgIpc) is 2.53. The molecular weight excluding hydrogens is 264 g/mol. The second kappa shape index (κ2) is 7.38. The zero-order chi connectivity index (χ0) is 15.1. The van der Waals surface area contributed by atoms with Crippen molar-refractivity contribution in [1.29, 1.82) is 0 Å². The van der Waals surface area contributed by atoms with Gasteiger partial charge in [0.2, 0.25) is 0 Å². The molecule has 0 fully saturated rings. The molecule has 2 aromatic rings. The van der Waals surface area contributed by atoms with Crippen LogP contribution in [0.15, 0.2) is 42.7 Å². The fraction of sp³-hybridized carbons (Fsp3) is 0.312. The van der Waals surface area contributed by atoms with E-state index in [0.717, 1.165) is 12.1 Å². The van der Waals surface area contributed by atoms with E-state index in [0.29, 0.717) is 24.6 Å². The van der Waals surface area contributed by atoms with Crippen molar-refractivity contribution in [3.05, 3.63) is 54.0 Å². The Morgan fingerprint density at radius 3 is 2.62 bits per heavy atom. The van der Waals surface area contributed by atoms with E-state index in [9.17, 15) is 4.79 Å². The number of benzene rings is 1. The first kappa shape index (κ1) is 15.0. The van der Waals surface area contributed by atoms with E-state index in [2.05, 4.69) is 15.3 Å². The minimum atomic E-state index is -0.103. The Hall–Kier alpha value is -2.43. The van der Waals surface area contributed by atoms with Crippen molar-refractivity contribution in [2.24, 2.45) is 0 Å². The van der Waals surface area contributed by atoms with Gasteiger partial charge in [0.1, 0.15) is 11.5 Å². The highest BCUT2D eigenvalue weighted by Crippen LogP contribution is 2.09. The molecule has 0 saturated heterocycles. The van der Waals surface area contributed by atoms with Crippen molar-refractivity contribution in [2.75, 3.05) is 18.4 Å². The summed E-state index contributed by atoms with van der Waals surface area (Å²) in [5, 5.41) is 3.07. The number of carbonyl (C=O) groups is 1. The molecule has 0 aliphatic carbocycles. The van der Waals surface area contributed by atoms with Crippen LogP contribution < -0.4 is 5.32 Å². The first-order valence-corrected chi connectivity index (χ1v) is 7.13. The highest BCUT2D eigenvalue weighted by atomic mass is 16.2. The largest absolute Gasteiger partial charge is 0.369 e. The number of anilines is 1. The van der Waals surface area contributed by atoms with Gasteiger partial charge in [0.15, 0.2) is 0 Å². The summed E-state index contributed by atoms with van der Waals surface area (Å²) in [6.45, 7) is 5.88. The Morgan fingerprint density at radius 2 is 1.95 bits per heavy atom. The fourth-order valence-electron chi connectivity index (χ4n) is 2.03. The molecule has 1 aromatic heterocycles. The molecule has 1 N–H and O–H groups in total. The summed E-state index contributed by atoms with van der Waals surface area (Å²) in [7, 11) is 0. The second-order valence-electron chi connectivity index (χ2n) is 4.62. The Morgan fingerprint density at radius 1 is 1.19 bits per heavy atom. The summed E-state index contributed by atoms with van der Waals surface area (Å²) in [4.78, 5) is 22.7. The van der Waals surface area contributed by atoms with Crippen LogP contribution in [-0.2, 0) is 6.54 Å². The molecule has 0 spiro atoms. The normalized spacial score (nSPS) is 10.2. The lowest BCUT2D eigenvalue weighted by Gasteiger charge is -2.20. The molecule has 1 heterocycles. The van der Waals surface area contributed by atoms with E-state index in [1.165, 1.54) is 6.20 Å². The third-order valence-electron chi connectivity index (χ3n) is 3.10. The lowest BCUT2D eigenvalue weighted by molar-refractivity contribution is 0.0746. The second-order valence-corrected chi connectivity index (χ2v) is 4.62. The van der Waals surface area contributed by atoms with Crippen LogP contribution in [0.3, 0.4) is 0 Å². The molecule has 0 atom stereocenters. The van der Waals surface area contributed by atoms with Gasteiger partial charge in [-0.3, -0.25) is 9.78 Å². The molecule has 1 amide bonds. The van der Waals surface area contributed by atoms with E-state index < -0.39 is 0 Å². The van der Waals surface area contributed by atoms with Gasteiger partial charge in [-0.2, -0.15) is 0 Å². The number of nitrogens with one attached hydrogen (secondary N) is 1. The molecule has 110 valence electrons. The van der Waals surface area contributed by atoms with Gasteiger partial charge in [0.25, 0.3) is 5.91 Å². The Kier molecular flexibility index (Phi) is 5.26. The molecule has 0 aliphatic rings. The molecule has 5 heteroatoms. The van der Waals surface area contributed by atoms with Crippen LogP contribution in [0.5, 0.6) is 0 Å². The molecule has 2 rings (SSSR count). The van der Waals surface area contributed by atoms with Gasteiger partial charge >= 0.3 is 0 Å². The van der Waals surface area contributed by atoms with Gasteiger partial charge in [0, 0.05) is 19.6 Å². The van der Waals surface area contributed by atoms with Crippen molar-refractivity contribution in [3.63, 3.8) is 0 Å². The Balaban J connectivity index is 2.14.